The topological polar surface area (TPSA) is 95.9 Å². The average molecular weight is 323 g/mol. The number of aromatic hydroxyl groups is 1. The Labute approximate surface area is 136 Å². The summed E-state index contributed by atoms with van der Waals surface area (Å²) in [6.07, 6.45) is -0.757. The second-order valence-electron chi connectivity index (χ2n) is 5.06. The van der Waals surface area contributed by atoms with Gasteiger partial charge in [-0.2, -0.15) is 0 Å². The van der Waals surface area contributed by atoms with Crippen molar-refractivity contribution in [3.8, 4) is 11.5 Å². The fraction of sp³-hybridized carbons (Fsp3) is 0. The Morgan fingerprint density at radius 2 is 1.67 bits per heavy atom. The Morgan fingerprint density at radius 1 is 0.917 bits per heavy atom. The number of aromatic carboxylic acids is 1. The molecule has 0 spiro atoms. The van der Waals surface area contributed by atoms with E-state index in [1.807, 2.05) is 30.3 Å². The maximum absolute atomic E-state index is 11.9. The van der Waals surface area contributed by atoms with Gasteiger partial charge in [0.25, 0.3) is 0 Å². The van der Waals surface area contributed by atoms with Crippen LogP contribution < -0.4 is 10.1 Å². The molecule has 24 heavy (non-hydrogen) atoms. The molecule has 120 valence electrons. The van der Waals surface area contributed by atoms with Gasteiger partial charge < -0.3 is 14.9 Å². The molecular weight excluding hydrogens is 310 g/mol. The lowest BCUT2D eigenvalue weighted by Crippen LogP contribution is -2.17. The van der Waals surface area contributed by atoms with E-state index in [0.29, 0.717) is 5.75 Å². The second-order valence-corrected chi connectivity index (χ2v) is 5.06. The molecule has 0 saturated carbocycles. The van der Waals surface area contributed by atoms with E-state index in [1.54, 1.807) is 12.1 Å². The molecule has 6 heteroatoms. The normalized spacial score (nSPS) is 10.3. The molecule has 0 unspecified atom stereocenters. The zero-order valence-corrected chi connectivity index (χ0v) is 12.4. The number of anilines is 1. The standard InChI is InChI=1S/C18H13NO5/c20-16-8-6-13(10-15(16)17(21)22)19-18(23)24-14-7-5-11-3-1-2-4-12(11)9-14/h1-10,20H,(H,19,23)(H,21,22). The van der Waals surface area contributed by atoms with Gasteiger partial charge in [0.15, 0.2) is 0 Å². The van der Waals surface area contributed by atoms with Gasteiger partial charge in [0.1, 0.15) is 17.1 Å². The number of phenols is 1. The van der Waals surface area contributed by atoms with Crippen molar-refractivity contribution >= 4 is 28.5 Å². The van der Waals surface area contributed by atoms with Crippen LogP contribution in [0.5, 0.6) is 11.5 Å². The van der Waals surface area contributed by atoms with Crippen LogP contribution in [0.3, 0.4) is 0 Å². The molecule has 0 aromatic heterocycles. The highest BCUT2D eigenvalue weighted by atomic mass is 16.6. The van der Waals surface area contributed by atoms with Gasteiger partial charge in [-0.15, -0.1) is 0 Å². The van der Waals surface area contributed by atoms with Crippen molar-refractivity contribution in [3.05, 3.63) is 66.2 Å². The van der Waals surface area contributed by atoms with Crippen LogP contribution in [0.2, 0.25) is 0 Å². The zero-order valence-electron chi connectivity index (χ0n) is 12.4. The fourth-order valence-electron chi connectivity index (χ4n) is 2.27. The van der Waals surface area contributed by atoms with E-state index in [1.165, 1.54) is 12.1 Å². The lowest BCUT2D eigenvalue weighted by atomic mass is 10.1. The largest absolute Gasteiger partial charge is 0.507 e. The van der Waals surface area contributed by atoms with Crippen molar-refractivity contribution in [2.24, 2.45) is 0 Å². The van der Waals surface area contributed by atoms with Crippen LogP contribution in [0.1, 0.15) is 10.4 Å². The van der Waals surface area contributed by atoms with Crippen molar-refractivity contribution in [2.45, 2.75) is 0 Å². The molecule has 0 aliphatic carbocycles. The highest BCUT2D eigenvalue weighted by molar-refractivity contribution is 5.94. The molecule has 1 amide bonds. The highest BCUT2D eigenvalue weighted by Gasteiger charge is 2.12. The second kappa shape index (κ2) is 6.29. The first-order valence-electron chi connectivity index (χ1n) is 7.07. The monoisotopic (exact) mass is 323 g/mol. The van der Waals surface area contributed by atoms with Crippen LogP contribution in [0.15, 0.2) is 60.7 Å². The number of rotatable bonds is 3. The number of benzene rings is 3. The van der Waals surface area contributed by atoms with Gasteiger partial charge in [-0.3, -0.25) is 5.32 Å². The first-order valence-corrected chi connectivity index (χ1v) is 7.07. The highest BCUT2D eigenvalue weighted by Crippen LogP contribution is 2.23. The number of carbonyl (C=O) groups excluding carboxylic acids is 1. The third-order valence-corrected chi connectivity index (χ3v) is 3.40. The molecule has 0 heterocycles. The molecule has 3 N–H and O–H groups in total. The minimum Gasteiger partial charge on any atom is -0.507 e. The van der Waals surface area contributed by atoms with Gasteiger partial charge in [0.2, 0.25) is 0 Å². The molecule has 3 aromatic carbocycles. The minimum atomic E-state index is -1.29. The van der Waals surface area contributed by atoms with Gasteiger partial charge >= 0.3 is 12.1 Å². The number of hydrogen-bond acceptors (Lipinski definition) is 4. The van der Waals surface area contributed by atoms with Crippen LogP contribution >= 0.6 is 0 Å². The number of carboxylic acid groups (broad SMARTS) is 1. The van der Waals surface area contributed by atoms with Crippen LogP contribution in [0.25, 0.3) is 10.8 Å². The lowest BCUT2D eigenvalue weighted by Gasteiger charge is -2.08. The predicted octanol–water partition coefficient (Wildman–Crippen LogP) is 3.85. The van der Waals surface area contributed by atoms with Crippen LogP contribution in [-0.4, -0.2) is 22.3 Å². The Bertz CT molecular complexity index is 936. The van der Waals surface area contributed by atoms with E-state index in [-0.39, 0.29) is 17.0 Å². The van der Waals surface area contributed by atoms with Gasteiger partial charge in [0.05, 0.1) is 0 Å². The summed E-state index contributed by atoms with van der Waals surface area (Å²) in [5.41, 5.74) is -0.102. The summed E-state index contributed by atoms with van der Waals surface area (Å²) in [4.78, 5) is 22.9. The number of carbonyl (C=O) groups is 2. The summed E-state index contributed by atoms with van der Waals surface area (Å²) in [6.45, 7) is 0. The Hall–Kier alpha value is -3.54. The molecular formula is C18H13NO5. The third kappa shape index (κ3) is 3.27. The van der Waals surface area contributed by atoms with E-state index >= 15 is 0 Å². The molecule has 0 saturated heterocycles. The minimum absolute atomic E-state index is 0.205. The van der Waals surface area contributed by atoms with Crippen molar-refractivity contribution < 1.29 is 24.5 Å². The molecule has 0 aliphatic heterocycles. The SMILES string of the molecule is O=C(Nc1ccc(O)c(C(=O)O)c1)Oc1ccc2ccccc2c1. The van der Waals surface area contributed by atoms with Crippen molar-refractivity contribution in [1.29, 1.82) is 0 Å². The van der Waals surface area contributed by atoms with Gasteiger partial charge in [0, 0.05) is 5.69 Å². The molecule has 3 aromatic rings. The van der Waals surface area contributed by atoms with Crippen LogP contribution in [0, 0.1) is 0 Å². The summed E-state index contributed by atoms with van der Waals surface area (Å²) in [5.74, 6) is -1.31. The molecule has 0 bridgehead atoms. The summed E-state index contributed by atoms with van der Waals surface area (Å²) in [6, 6.07) is 16.6. The smallest absolute Gasteiger partial charge is 0.417 e. The molecule has 3 rings (SSSR count). The van der Waals surface area contributed by atoms with E-state index in [0.717, 1.165) is 16.8 Å². The van der Waals surface area contributed by atoms with Crippen molar-refractivity contribution in [1.82, 2.24) is 0 Å². The van der Waals surface area contributed by atoms with E-state index in [9.17, 15) is 14.7 Å². The maximum Gasteiger partial charge on any atom is 0.417 e. The third-order valence-electron chi connectivity index (χ3n) is 3.40. The van der Waals surface area contributed by atoms with Crippen LogP contribution in [0.4, 0.5) is 10.5 Å². The Kier molecular flexibility index (Phi) is 4.03. The summed E-state index contributed by atoms with van der Waals surface area (Å²) < 4.78 is 5.20. The first kappa shape index (κ1) is 15.4. The lowest BCUT2D eigenvalue weighted by molar-refractivity contribution is 0.0693. The van der Waals surface area contributed by atoms with E-state index in [2.05, 4.69) is 5.32 Å². The summed E-state index contributed by atoms with van der Waals surface area (Å²) >= 11 is 0. The zero-order chi connectivity index (χ0) is 17.1. The Balaban J connectivity index is 1.75. The van der Waals surface area contributed by atoms with E-state index in [4.69, 9.17) is 9.84 Å². The molecule has 0 atom stereocenters. The van der Waals surface area contributed by atoms with Gasteiger partial charge in [-0.25, -0.2) is 9.59 Å². The van der Waals surface area contributed by atoms with Gasteiger partial charge in [-0.05, 0) is 41.1 Å². The fourth-order valence-corrected chi connectivity index (χ4v) is 2.27. The quantitative estimate of drug-likeness (QED) is 0.636. The van der Waals surface area contributed by atoms with Crippen LogP contribution in [-0.2, 0) is 0 Å². The summed E-state index contributed by atoms with van der Waals surface area (Å²) in [7, 11) is 0. The van der Waals surface area contributed by atoms with Gasteiger partial charge in [-0.1, -0.05) is 30.3 Å². The summed E-state index contributed by atoms with van der Waals surface area (Å²) in [5, 5.41) is 22.8. The number of fused-ring (bicyclic) bond motifs is 1. The van der Waals surface area contributed by atoms with Crippen molar-refractivity contribution in [3.63, 3.8) is 0 Å². The molecule has 6 nitrogen and oxygen atoms in total. The predicted molar refractivity (Wildman–Crippen MR) is 88.7 cm³/mol. The van der Waals surface area contributed by atoms with E-state index < -0.39 is 12.1 Å². The number of amides is 1. The molecule has 0 fully saturated rings. The number of ether oxygens (including phenoxy) is 1. The molecule has 0 aliphatic rings. The first-order chi connectivity index (χ1) is 11.5. The number of carboxylic acids is 1. The Morgan fingerprint density at radius 3 is 2.42 bits per heavy atom. The maximum atomic E-state index is 11.9. The number of nitrogens with one attached hydrogen (secondary N) is 1. The number of hydrogen-bond donors (Lipinski definition) is 3. The van der Waals surface area contributed by atoms with Crippen molar-refractivity contribution in [2.75, 3.05) is 5.32 Å². The average Bonchev–Trinajstić information content (AvgIpc) is 2.56. The molecule has 0 radical (unpaired) electrons.